The van der Waals surface area contributed by atoms with Crippen molar-refractivity contribution in [2.75, 3.05) is 11.8 Å². The van der Waals surface area contributed by atoms with E-state index in [-0.39, 0.29) is 16.8 Å². The standard InChI is InChI=1S/C17H18N2O4S/c1-23-15-6-3-5-14(11-15)19-24(21,22)16-7-2-4-12(10-16)17(20)18-13-8-9-13/h2-7,10-11,13,19H,8-9H2,1H3,(H,18,20). The molecule has 1 aliphatic carbocycles. The molecule has 2 aromatic carbocycles. The molecular weight excluding hydrogens is 328 g/mol. The van der Waals surface area contributed by atoms with Crippen LogP contribution in [-0.2, 0) is 10.0 Å². The zero-order valence-corrected chi connectivity index (χ0v) is 14.0. The summed E-state index contributed by atoms with van der Waals surface area (Å²) >= 11 is 0. The van der Waals surface area contributed by atoms with Gasteiger partial charge in [0.25, 0.3) is 15.9 Å². The predicted molar refractivity (Wildman–Crippen MR) is 90.7 cm³/mol. The van der Waals surface area contributed by atoms with E-state index in [9.17, 15) is 13.2 Å². The molecule has 6 nitrogen and oxygen atoms in total. The molecule has 0 unspecified atom stereocenters. The summed E-state index contributed by atoms with van der Waals surface area (Å²) in [6.45, 7) is 0. The fraction of sp³-hybridized carbons (Fsp3) is 0.235. The number of anilines is 1. The van der Waals surface area contributed by atoms with Crippen molar-refractivity contribution in [3.05, 3.63) is 54.1 Å². The van der Waals surface area contributed by atoms with Gasteiger partial charge >= 0.3 is 0 Å². The summed E-state index contributed by atoms with van der Waals surface area (Å²) in [6, 6.07) is 12.8. The van der Waals surface area contributed by atoms with E-state index in [2.05, 4.69) is 10.0 Å². The number of carbonyl (C=O) groups is 1. The van der Waals surface area contributed by atoms with Gasteiger partial charge in [-0.1, -0.05) is 12.1 Å². The second-order valence-corrected chi connectivity index (χ2v) is 7.30. The lowest BCUT2D eigenvalue weighted by atomic mass is 10.2. The second-order valence-electron chi connectivity index (χ2n) is 5.61. The molecule has 0 spiro atoms. The quantitative estimate of drug-likeness (QED) is 0.841. The molecule has 24 heavy (non-hydrogen) atoms. The summed E-state index contributed by atoms with van der Waals surface area (Å²) in [7, 11) is -2.28. The fourth-order valence-corrected chi connectivity index (χ4v) is 3.30. The third-order valence-electron chi connectivity index (χ3n) is 3.64. The van der Waals surface area contributed by atoms with Crippen molar-refractivity contribution in [1.29, 1.82) is 0 Å². The Morgan fingerprint density at radius 1 is 1.12 bits per heavy atom. The minimum Gasteiger partial charge on any atom is -0.497 e. The summed E-state index contributed by atoms with van der Waals surface area (Å²) in [6.07, 6.45) is 1.95. The average molecular weight is 346 g/mol. The molecule has 2 N–H and O–H groups in total. The van der Waals surface area contributed by atoms with Gasteiger partial charge in [-0.15, -0.1) is 0 Å². The number of carbonyl (C=O) groups excluding carboxylic acids is 1. The molecule has 0 radical (unpaired) electrons. The number of benzene rings is 2. The molecule has 0 aromatic heterocycles. The van der Waals surface area contributed by atoms with Crippen LogP contribution in [0.3, 0.4) is 0 Å². The highest BCUT2D eigenvalue weighted by atomic mass is 32.2. The lowest BCUT2D eigenvalue weighted by Gasteiger charge is -2.10. The van der Waals surface area contributed by atoms with Gasteiger partial charge in [0, 0.05) is 17.7 Å². The van der Waals surface area contributed by atoms with Crippen LogP contribution >= 0.6 is 0 Å². The highest BCUT2D eigenvalue weighted by Gasteiger charge is 2.24. The third-order valence-corrected chi connectivity index (χ3v) is 5.02. The number of rotatable bonds is 6. The first kappa shape index (κ1) is 16.3. The molecule has 126 valence electrons. The van der Waals surface area contributed by atoms with Crippen molar-refractivity contribution >= 4 is 21.6 Å². The summed E-state index contributed by atoms with van der Waals surface area (Å²) < 4.78 is 32.6. The van der Waals surface area contributed by atoms with Crippen LogP contribution in [-0.4, -0.2) is 27.5 Å². The SMILES string of the molecule is COc1cccc(NS(=O)(=O)c2cccc(C(=O)NC3CC3)c2)c1. The van der Waals surface area contributed by atoms with E-state index < -0.39 is 10.0 Å². The first-order valence-electron chi connectivity index (χ1n) is 7.56. The summed E-state index contributed by atoms with van der Waals surface area (Å²) in [5, 5.41) is 2.84. The van der Waals surface area contributed by atoms with Crippen LogP contribution in [0.25, 0.3) is 0 Å². The van der Waals surface area contributed by atoms with Crippen LogP contribution in [0.2, 0.25) is 0 Å². The van der Waals surface area contributed by atoms with E-state index in [1.807, 2.05) is 0 Å². The zero-order valence-electron chi connectivity index (χ0n) is 13.2. The molecule has 1 amide bonds. The van der Waals surface area contributed by atoms with E-state index in [1.165, 1.54) is 19.2 Å². The van der Waals surface area contributed by atoms with Crippen molar-refractivity contribution in [1.82, 2.24) is 5.32 Å². The first-order valence-corrected chi connectivity index (χ1v) is 9.04. The maximum Gasteiger partial charge on any atom is 0.261 e. The number of amides is 1. The Morgan fingerprint density at radius 3 is 2.58 bits per heavy atom. The predicted octanol–water partition coefficient (Wildman–Crippen LogP) is 2.39. The molecule has 1 fully saturated rings. The Morgan fingerprint density at radius 2 is 1.88 bits per heavy atom. The van der Waals surface area contributed by atoms with Crippen LogP contribution in [0, 0.1) is 0 Å². The smallest absolute Gasteiger partial charge is 0.261 e. The molecule has 0 heterocycles. The van der Waals surface area contributed by atoms with E-state index >= 15 is 0 Å². The minimum atomic E-state index is -3.79. The van der Waals surface area contributed by atoms with Crippen LogP contribution in [0.1, 0.15) is 23.2 Å². The Labute approximate surface area is 140 Å². The van der Waals surface area contributed by atoms with Gasteiger partial charge in [-0.2, -0.15) is 0 Å². The molecule has 2 aromatic rings. The van der Waals surface area contributed by atoms with Crippen LogP contribution in [0.5, 0.6) is 5.75 Å². The van der Waals surface area contributed by atoms with Crippen molar-refractivity contribution < 1.29 is 17.9 Å². The molecule has 3 rings (SSSR count). The molecule has 7 heteroatoms. The highest BCUT2D eigenvalue weighted by Crippen LogP contribution is 2.22. The van der Waals surface area contributed by atoms with Crippen LogP contribution < -0.4 is 14.8 Å². The topological polar surface area (TPSA) is 84.5 Å². The van der Waals surface area contributed by atoms with Gasteiger partial charge < -0.3 is 10.1 Å². The van der Waals surface area contributed by atoms with Crippen molar-refractivity contribution in [3.8, 4) is 5.75 Å². The lowest BCUT2D eigenvalue weighted by molar-refractivity contribution is 0.0951. The molecule has 0 aliphatic heterocycles. The van der Waals surface area contributed by atoms with Gasteiger partial charge in [0.15, 0.2) is 0 Å². The highest BCUT2D eigenvalue weighted by molar-refractivity contribution is 7.92. The molecule has 0 saturated heterocycles. The molecule has 1 saturated carbocycles. The molecule has 1 aliphatic rings. The van der Waals surface area contributed by atoms with Crippen molar-refractivity contribution in [3.63, 3.8) is 0 Å². The lowest BCUT2D eigenvalue weighted by Crippen LogP contribution is -2.25. The number of nitrogens with one attached hydrogen (secondary N) is 2. The Bertz CT molecular complexity index is 860. The maximum atomic E-state index is 12.5. The Balaban J connectivity index is 1.82. The Hall–Kier alpha value is -2.54. The monoisotopic (exact) mass is 346 g/mol. The average Bonchev–Trinajstić information content (AvgIpc) is 3.38. The fourth-order valence-electron chi connectivity index (χ4n) is 2.20. The summed E-state index contributed by atoms with van der Waals surface area (Å²) in [5.74, 6) is 0.295. The summed E-state index contributed by atoms with van der Waals surface area (Å²) in [5.41, 5.74) is 0.720. The molecular formula is C17H18N2O4S. The third kappa shape index (κ3) is 3.86. The first-order chi connectivity index (χ1) is 11.5. The van der Waals surface area contributed by atoms with Crippen LogP contribution in [0.15, 0.2) is 53.4 Å². The van der Waals surface area contributed by atoms with Crippen LogP contribution in [0.4, 0.5) is 5.69 Å². The normalized spacial score (nSPS) is 14.0. The van der Waals surface area contributed by atoms with Gasteiger partial charge in [-0.3, -0.25) is 9.52 Å². The Kier molecular flexibility index (Phi) is 4.44. The second kappa shape index (κ2) is 6.52. The van der Waals surface area contributed by atoms with Gasteiger partial charge in [0.2, 0.25) is 0 Å². The van der Waals surface area contributed by atoms with Gasteiger partial charge in [0.05, 0.1) is 17.7 Å². The number of ether oxygens (including phenoxy) is 1. The van der Waals surface area contributed by atoms with E-state index in [1.54, 1.807) is 36.4 Å². The zero-order chi connectivity index (χ0) is 17.2. The number of hydrogen-bond donors (Lipinski definition) is 2. The number of hydrogen-bond acceptors (Lipinski definition) is 4. The largest absolute Gasteiger partial charge is 0.497 e. The van der Waals surface area contributed by atoms with Crippen molar-refractivity contribution in [2.24, 2.45) is 0 Å². The maximum absolute atomic E-state index is 12.5. The van der Waals surface area contributed by atoms with E-state index in [0.717, 1.165) is 12.8 Å². The number of methoxy groups -OCH3 is 1. The summed E-state index contributed by atoms with van der Waals surface area (Å²) in [4.78, 5) is 12.1. The van der Waals surface area contributed by atoms with Gasteiger partial charge in [-0.25, -0.2) is 8.42 Å². The van der Waals surface area contributed by atoms with E-state index in [4.69, 9.17) is 4.74 Å². The van der Waals surface area contributed by atoms with Crippen molar-refractivity contribution in [2.45, 2.75) is 23.8 Å². The van der Waals surface area contributed by atoms with Gasteiger partial charge in [0.1, 0.15) is 5.75 Å². The van der Waals surface area contributed by atoms with Gasteiger partial charge in [-0.05, 0) is 43.2 Å². The molecule has 0 bridgehead atoms. The molecule has 0 atom stereocenters. The van der Waals surface area contributed by atoms with E-state index in [0.29, 0.717) is 17.0 Å². The minimum absolute atomic E-state index is 0.0359. The number of sulfonamides is 1.